The van der Waals surface area contributed by atoms with Gasteiger partial charge < -0.3 is 5.32 Å². The van der Waals surface area contributed by atoms with Crippen molar-refractivity contribution in [3.05, 3.63) is 83.9 Å². The molecule has 0 aliphatic carbocycles. The van der Waals surface area contributed by atoms with Gasteiger partial charge in [-0.15, -0.1) is 11.3 Å². The molecule has 3 aromatic carbocycles. The van der Waals surface area contributed by atoms with Crippen molar-refractivity contribution in [1.82, 2.24) is 0 Å². The first-order valence-corrected chi connectivity index (χ1v) is 11.4. The quantitative estimate of drug-likeness (QED) is 0.353. The highest BCUT2D eigenvalue weighted by Gasteiger charge is 2.19. The lowest BCUT2D eigenvalue weighted by molar-refractivity contribution is 0.590. The van der Waals surface area contributed by atoms with Gasteiger partial charge in [0.25, 0.3) is 0 Å². The summed E-state index contributed by atoms with van der Waals surface area (Å²) in [4.78, 5) is 0. The molecule has 2 heteroatoms. The van der Waals surface area contributed by atoms with Crippen molar-refractivity contribution in [2.24, 2.45) is 0 Å². The Morgan fingerprint density at radius 2 is 1.43 bits per heavy atom. The molecule has 0 atom stereocenters. The van der Waals surface area contributed by atoms with Gasteiger partial charge in [0, 0.05) is 16.0 Å². The normalized spacial score (nSPS) is 12.3. The highest BCUT2D eigenvalue weighted by molar-refractivity contribution is 7.22. The minimum Gasteiger partial charge on any atom is -0.347 e. The van der Waals surface area contributed by atoms with Crippen molar-refractivity contribution >= 4 is 32.1 Å². The van der Waals surface area contributed by atoms with Crippen LogP contribution in [0.4, 0.5) is 10.7 Å². The number of fused-ring (bicyclic) bond motifs is 1. The highest BCUT2D eigenvalue weighted by Crippen LogP contribution is 2.40. The molecule has 1 aromatic heterocycles. The lowest BCUT2D eigenvalue weighted by Gasteiger charge is -2.22. The van der Waals surface area contributed by atoms with Crippen LogP contribution < -0.4 is 5.32 Å². The van der Waals surface area contributed by atoms with Gasteiger partial charge in [-0.3, -0.25) is 0 Å². The highest BCUT2D eigenvalue weighted by atomic mass is 32.1. The molecule has 0 saturated heterocycles. The van der Waals surface area contributed by atoms with Crippen molar-refractivity contribution in [1.29, 1.82) is 0 Å². The first kappa shape index (κ1) is 20.7. The van der Waals surface area contributed by atoms with Crippen LogP contribution >= 0.6 is 11.3 Å². The average Bonchev–Trinajstić information content (AvgIpc) is 3.09. The van der Waals surface area contributed by atoms with Crippen LogP contribution in [0.2, 0.25) is 0 Å². The molecule has 0 fully saturated rings. The fourth-order valence-corrected chi connectivity index (χ4v) is 4.89. The van der Waals surface area contributed by atoms with E-state index in [4.69, 9.17) is 0 Å². The minimum atomic E-state index is 0.102. The smallest absolute Gasteiger partial charge is 0.0939 e. The summed E-state index contributed by atoms with van der Waals surface area (Å²) in [6.45, 7) is 13.7. The average molecular weight is 414 g/mol. The molecule has 0 spiro atoms. The Morgan fingerprint density at radius 1 is 0.700 bits per heavy atom. The number of nitrogens with one attached hydrogen (secondary N) is 1. The molecule has 1 heterocycles. The van der Waals surface area contributed by atoms with E-state index in [0.29, 0.717) is 0 Å². The van der Waals surface area contributed by atoms with Crippen molar-refractivity contribution < 1.29 is 0 Å². The zero-order valence-corrected chi connectivity index (χ0v) is 19.7. The van der Waals surface area contributed by atoms with Gasteiger partial charge in [-0.25, -0.2) is 0 Å². The maximum atomic E-state index is 3.77. The standard InChI is InChI=1S/C28H31NS/c1-27(2,3)20-15-16-21(19-11-8-7-9-12-19)24(17-20)29-26-18-22-23(28(4,5)6)13-10-14-25(22)30-26/h7-18,29H,1-6H3. The van der Waals surface area contributed by atoms with E-state index >= 15 is 0 Å². The summed E-state index contributed by atoms with van der Waals surface area (Å²) in [7, 11) is 0. The summed E-state index contributed by atoms with van der Waals surface area (Å²) in [5.74, 6) is 0. The SMILES string of the molecule is CC(C)(C)c1ccc(-c2ccccc2)c(Nc2cc3c(C(C)(C)C)cccc3s2)c1. The van der Waals surface area contributed by atoms with E-state index < -0.39 is 0 Å². The van der Waals surface area contributed by atoms with E-state index in [1.54, 1.807) is 0 Å². The van der Waals surface area contributed by atoms with Crippen LogP contribution in [0, 0.1) is 0 Å². The van der Waals surface area contributed by atoms with Crippen LogP contribution in [0.25, 0.3) is 21.2 Å². The molecule has 1 nitrogen and oxygen atoms in total. The number of anilines is 2. The van der Waals surface area contributed by atoms with Crippen LogP contribution in [0.1, 0.15) is 52.7 Å². The molecular formula is C28H31NS. The second-order valence-electron chi connectivity index (χ2n) is 10.1. The number of hydrogen-bond acceptors (Lipinski definition) is 2. The zero-order chi connectivity index (χ0) is 21.5. The lowest BCUT2D eigenvalue weighted by Crippen LogP contribution is -2.11. The van der Waals surface area contributed by atoms with Crippen molar-refractivity contribution in [3.8, 4) is 11.1 Å². The molecule has 4 aromatic rings. The Balaban J connectivity index is 1.82. The third-order valence-corrected chi connectivity index (χ3v) is 6.61. The van der Waals surface area contributed by atoms with Gasteiger partial charge in [-0.2, -0.15) is 0 Å². The Morgan fingerprint density at radius 3 is 2.10 bits per heavy atom. The molecule has 1 N–H and O–H groups in total. The minimum absolute atomic E-state index is 0.102. The van der Waals surface area contributed by atoms with Crippen LogP contribution in [-0.2, 0) is 10.8 Å². The number of rotatable bonds is 3. The third-order valence-electron chi connectivity index (χ3n) is 5.60. The molecule has 0 radical (unpaired) electrons. The Kier molecular flexibility index (Phi) is 5.23. The summed E-state index contributed by atoms with van der Waals surface area (Å²) in [6, 6.07) is 26.5. The maximum Gasteiger partial charge on any atom is 0.0939 e. The van der Waals surface area contributed by atoms with Gasteiger partial charge in [0.1, 0.15) is 0 Å². The fourth-order valence-electron chi connectivity index (χ4n) is 3.89. The van der Waals surface area contributed by atoms with E-state index in [1.807, 2.05) is 11.3 Å². The fraction of sp³-hybridized carbons (Fsp3) is 0.286. The third kappa shape index (κ3) is 4.15. The van der Waals surface area contributed by atoms with Crippen molar-refractivity contribution in [2.75, 3.05) is 5.32 Å². The zero-order valence-electron chi connectivity index (χ0n) is 18.8. The summed E-state index contributed by atoms with van der Waals surface area (Å²) in [5.41, 5.74) is 6.59. The molecule has 30 heavy (non-hydrogen) atoms. The topological polar surface area (TPSA) is 12.0 Å². The van der Waals surface area contributed by atoms with Gasteiger partial charge >= 0.3 is 0 Å². The number of hydrogen-bond donors (Lipinski definition) is 1. The molecule has 0 amide bonds. The summed E-state index contributed by atoms with van der Waals surface area (Å²) in [5, 5.41) is 6.31. The first-order chi connectivity index (χ1) is 14.1. The first-order valence-electron chi connectivity index (χ1n) is 10.6. The Bertz CT molecular complexity index is 1170. The molecule has 154 valence electrons. The lowest BCUT2D eigenvalue weighted by atomic mass is 9.85. The molecule has 0 saturated carbocycles. The van der Waals surface area contributed by atoms with Gasteiger partial charge in [0.15, 0.2) is 0 Å². The van der Waals surface area contributed by atoms with Gasteiger partial charge in [-0.05, 0) is 51.1 Å². The summed E-state index contributed by atoms with van der Waals surface area (Å²) in [6.07, 6.45) is 0. The number of thiophene rings is 1. The van der Waals surface area contributed by atoms with Crippen LogP contribution in [0.3, 0.4) is 0 Å². The molecule has 0 aliphatic rings. The monoisotopic (exact) mass is 413 g/mol. The second kappa shape index (κ2) is 7.59. The molecule has 4 rings (SSSR count). The van der Waals surface area contributed by atoms with Crippen LogP contribution in [0.15, 0.2) is 72.8 Å². The van der Waals surface area contributed by atoms with Gasteiger partial charge in [0.2, 0.25) is 0 Å². The molecular weight excluding hydrogens is 382 g/mol. The van der Waals surface area contributed by atoms with Gasteiger partial charge in [0.05, 0.1) is 5.00 Å². The van der Waals surface area contributed by atoms with Crippen LogP contribution in [-0.4, -0.2) is 0 Å². The molecule has 0 unspecified atom stereocenters. The van der Waals surface area contributed by atoms with E-state index in [9.17, 15) is 0 Å². The van der Waals surface area contributed by atoms with Crippen molar-refractivity contribution in [3.63, 3.8) is 0 Å². The van der Waals surface area contributed by atoms with E-state index in [0.717, 1.165) is 5.69 Å². The Hall–Kier alpha value is -2.58. The largest absolute Gasteiger partial charge is 0.347 e. The van der Waals surface area contributed by atoms with Crippen LogP contribution in [0.5, 0.6) is 0 Å². The maximum absolute atomic E-state index is 3.77. The Labute approximate surface area is 184 Å². The van der Waals surface area contributed by atoms with Crippen molar-refractivity contribution in [2.45, 2.75) is 52.4 Å². The van der Waals surface area contributed by atoms with Gasteiger partial charge in [-0.1, -0.05) is 96.1 Å². The number of benzene rings is 3. The summed E-state index contributed by atoms with van der Waals surface area (Å²) < 4.78 is 1.33. The predicted octanol–water partition coefficient (Wildman–Crippen LogP) is 8.91. The summed E-state index contributed by atoms with van der Waals surface area (Å²) >= 11 is 1.83. The molecule has 0 aliphatic heterocycles. The second-order valence-corrected chi connectivity index (χ2v) is 11.2. The molecule has 0 bridgehead atoms. The van der Waals surface area contributed by atoms with E-state index in [2.05, 4.69) is 120 Å². The van der Waals surface area contributed by atoms with E-state index in [1.165, 1.54) is 37.3 Å². The van der Waals surface area contributed by atoms with E-state index in [-0.39, 0.29) is 10.8 Å². The predicted molar refractivity (Wildman–Crippen MR) is 134 cm³/mol.